The van der Waals surface area contributed by atoms with Crippen molar-refractivity contribution in [2.75, 3.05) is 0 Å². The van der Waals surface area contributed by atoms with Gasteiger partial charge in [0.2, 0.25) is 0 Å². The molecule has 0 aromatic heterocycles. The summed E-state index contributed by atoms with van der Waals surface area (Å²) in [7, 11) is 0. The molecule has 0 aromatic carbocycles. The zero-order valence-electron chi connectivity index (χ0n) is 9.27. The standard InChI is InChI=1S/C11H22N2/c1-10(2,13-4)9-5-7-11(3,12)8-6-9/h9H,4-8,12H2,1-3H3/p+1. The van der Waals surface area contributed by atoms with Gasteiger partial charge in [0.25, 0.3) is 0 Å². The molecule has 0 bridgehead atoms. The second-order valence-corrected chi connectivity index (χ2v) is 5.40. The number of rotatable bonds is 2. The number of hydrogen-bond acceptors (Lipinski definition) is 1. The van der Waals surface area contributed by atoms with Crippen molar-refractivity contribution in [2.45, 2.75) is 57.5 Å². The summed E-state index contributed by atoms with van der Waals surface area (Å²) in [5.74, 6) is 0.708. The molecule has 13 heavy (non-hydrogen) atoms. The maximum Gasteiger partial charge on any atom is 0.0917 e. The second-order valence-electron chi connectivity index (χ2n) is 5.40. The molecule has 0 aliphatic heterocycles. The van der Waals surface area contributed by atoms with Crippen molar-refractivity contribution < 1.29 is 5.73 Å². The molecule has 0 aromatic rings. The molecule has 1 fully saturated rings. The van der Waals surface area contributed by atoms with Crippen LogP contribution in [0.1, 0.15) is 46.5 Å². The molecular weight excluding hydrogens is 160 g/mol. The minimum atomic E-state index is 0.0660. The summed E-state index contributed by atoms with van der Waals surface area (Å²) in [6, 6.07) is 0. The lowest BCUT2D eigenvalue weighted by molar-refractivity contribution is -0.479. The van der Waals surface area contributed by atoms with Crippen LogP contribution in [-0.2, 0) is 0 Å². The first kappa shape index (κ1) is 10.7. The minimum Gasteiger partial charge on any atom is -0.353 e. The highest BCUT2D eigenvalue weighted by atomic mass is 14.8. The molecular formula is C11H23N2+. The zero-order chi connectivity index (χ0) is 10.1. The minimum absolute atomic E-state index is 0.0660. The highest BCUT2D eigenvalue weighted by molar-refractivity contribution is 5.25. The number of nitrogens with zero attached hydrogens (tertiary/aromatic N) is 1. The Kier molecular flexibility index (Phi) is 2.81. The highest BCUT2D eigenvalue weighted by Crippen LogP contribution is 2.36. The van der Waals surface area contributed by atoms with Crippen molar-refractivity contribution in [2.24, 2.45) is 10.9 Å². The van der Waals surface area contributed by atoms with E-state index in [9.17, 15) is 0 Å². The van der Waals surface area contributed by atoms with Crippen LogP contribution in [0.4, 0.5) is 0 Å². The van der Waals surface area contributed by atoms with Crippen molar-refractivity contribution in [3.8, 4) is 0 Å². The Labute approximate surface area is 81.6 Å². The van der Waals surface area contributed by atoms with Crippen LogP contribution >= 0.6 is 0 Å². The molecule has 2 nitrogen and oxygen atoms in total. The molecule has 0 unspecified atom stereocenters. The first-order chi connectivity index (χ1) is 5.87. The van der Waals surface area contributed by atoms with E-state index in [1.807, 2.05) is 0 Å². The van der Waals surface area contributed by atoms with E-state index in [4.69, 9.17) is 0 Å². The topological polar surface area (TPSA) is 40.0 Å². The van der Waals surface area contributed by atoms with Gasteiger partial charge in [-0.25, -0.2) is 0 Å². The molecule has 1 saturated carbocycles. The first-order valence-corrected chi connectivity index (χ1v) is 5.21. The summed E-state index contributed by atoms with van der Waals surface area (Å²) in [6.45, 7) is 10.3. The summed E-state index contributed by atoms with van der Waals surface area (Å²) >= 11 is 0. The van der Waals surface area contributed by atoms with Gasteiger partial charge in [-0.2, -0.15) is 0 Å². The van der Waals surface area contributed by atoms with Crippen LogP contribution in [0.3, 0.4) is 0 Å². The number of hydrogen-bond donors (Lipinski definition) is 1. The predicted molar refractivity (Wildman–Crippen MR) is 56.9 cm³/mol. The first-order valence-electron chi connectivity index (χ1n) is 5.21. The van der Waals surface area contributed by atoms with Crippen molar-refractivity contribution in [1.82, 2.24) is 0 Å². The van der Waals surface area contributed by atoms with Gasteiger partial charge in [-0.1, -0.05) is 0 Å². The van der Waals surface area contributed by atoms with E-state index >= 15 is 0 Å². The maximum absolute atomic E-state index is 4.23. The molecule has 76 valence electrons. The predicted octanol–water partition coefficient (Wildman–Crippen LogP) is 1.66. The van der Waals surface area contributed by atoms with Crippen LogP contribution in [0.5, 0.6) is 0 Å². The molecule has 0 radical (unpaired) electrons. The van der Waals surface area contributed by atoms with Crippen LogP contribution in [0, 0.1) is 5.92 Å². The second kappa shape index (κ2) is 3.41. The van der Waals surface area contributed by atoms with Crippen molar-refractivity contribution in [3.63, 3.8) is 0 Å². The van der Waals surface area contributed by atoms with E-state index in [0.29, 0.717) is 11.5 Å². The van der Waals surface area contributed by atoms with Crippen molar-refractivity contribution in [3.05, 3.63) is 0 Å². The van der Waals surface area contributed by atoms with Crippen LogP contribution in [0.15, 0.2) is 4.99 Å². The monoisotopic (exact) mass is 183 g/mol. The molecule has 0 amide bonds. The molecule has 1 rings (SSSR count). The lowest BCUT2D eigenvalue weighted by atomic mass is 9.71. The van der Waals surface area contributed by atoms with Gasteiger partial charge in [-0.05, 0) is 46.2 Å². The van der Waals surface area contributed by atoms with Gasteiger partial charge in [-0.3, -0.25) is 4.99 Å². The average Bonchev–Trinajstić information content (AvgIpc) is 2.04. The third kappa shape index (κ3) is 2.53. The summed E-state index contributed by atoms with van der Waals surface area (Å²) in [5, 5.41) is 0. The van der Waals surface area contributed by atoms with Gasteiger partial charge in [-0.15, -0.1) is 0 Å². The molecule has 0 atom stereocenters. The quantitative estimate of drug-likeness (QED) is 0.633. The van der Waals surface area contributed by atoms with Gasteiger partial charge in [0.15, 0.2) is 0 Å². The van der Waals surface area contributed by atoms with Crippen LogP contribution in [-0.4, -0.2) is 17.8 Å². The lowest BCUT2D eigenvalue weighted by Crippen LogP contribution is -2.72. The van der Waals surface area contributed by atoms with E-state index in [0.717, 1.165) is 0 Å². The van der Waals surface area contributed by atoms with Crippen LogP contribution < -0.4 is 5.73 Å². The van der Waals surface area contributed by atoms with E-state index in [2.05, 4.69) is 38.2 Å². The number of aliphatic imine (C=N–C) groups is 1. The largest absolute Gasteiger partial charge is 0.353 e. The van der Waals surface area contributed by atoms with Crippen molar-refractivity contribution >= 4 is 6.72 Å². The molecule has 0 saturated heterocycles. The Morgan fingerprint density at radius 3 is 2.23 bits per heavy atom. The Bertz CT molecular complexity index is 184. The summed E-state index contributed by atoms with van der Waals surface area (Å²) in [6.07, 6.45) is 4.98. The average molecular weight is 183 g/mol. The van der Waals surface area contributed by atoms with Gasteiger partial charge in [0, 0.05) is 12.8 Å². The fourth-order valence-corrected chi connectivity index (χ4v) is 2.15. The molecule has 1 aliphatic rings. The maximum atomic E-state index is 4.23. The smallest absolute Gasteiger partial charge is 0.0917 e. The summed E-state index contributed by atoms with van der Waals surface area (Å²) < 4.78 is 0. The van der Waals surface area contributed by atoms with Gasteiger partial charge >= 0.3 is 0 Å². The van der Waals surface area contributed by atoms with Crippen LogP contribution in [0.2, 0.25) is 0 Å². The van der Waals surface area contributed by atoms with Gasteiger partial charge < -0.3 is 5.73 Å². The number of quaternary nitrogens is 1. The molecule has 2 heteroatoms. The zero-order valence-corrected chi connectivity index (χ0v) is 9.27. The van der Waals surface area contributed by atoms with Gasteiger partial charge in [0.1, 0.15) is 0 Å². The summed E-state index contributed by atoms with van der Waals surface area (Å²) in [4.78, 5) is 4.22. The Morgan fingerprint density at radius 1 is 1.38 bits per heavy atom. The molecule has 0 heterocycles. The van der Waals surface area contributed by atoms with E-state index in [1.165, 1.54) is 25.7 Å². The fraction of sp³-hybridized carbons (Fsp3) is 0.909. The SMILES string of the molecule is C=NC(C)(C)C1CCC(C)([NH3+])CC1. The van der Waals surface area contributed by atoms with Crippen molar-refractivity contribution in [1.29, 1.82) is 0 Å². The Hall–Kier alpha value is -0.370. The fourth-order valence-electron chi connectivity index (χ4n) is 2.15. The highest BCUT2D eigenvalue weighted by Gasteiger charge is 2.37. The summed E-state index contributed by atoms with van der Waals surface area (Å²) in [5.41, 5.74) is 4.60. The molecule has 3 N–H and O–H groups in total. The molecule has 0 spiro atoms. The van der Waals surface area contributed by atoms with E-state index in [1.54, 1.807) is 0 Å². The van der Waals surface area contributed by atoms with E-state index < -0.39 is 0 Å². The Balaban J connectivity index is 2.55. The normalized spacial score (nSPS) is 35.8. The third-order valence-corrected chi connectivity index (χ3v) is 3.60. The third-order valence-electron chi connectivity index (χ3n) is 3.60. The lowest BCUT2D eigenvalue weighted by Gasteiger charge is -2.38. The Morgan fingerprint density at radius 2 is 1.85 bits per heavy atom. The van der Waals surface area contributed by atoms with Gasteiger partial charge in [0.05, 0.1) is 11.1 Å². The van der Waals surface area contributed by atoms with Crippen LogP contribution in [0.25, 0.3) is 0 Å². The van der Waals surface area contributed by atoms with E-state index in [-0.39, 0.29) is 5.54 Å². The molecule has 1 aliphatic carbocycles.